The number of hydrogen-bond donors (Lipinski definition) is 3. The average Bonchev–Trinajstić information content (AvgIpc) is 3.55. The van der Waals surface area contributed by atoms with E-state index in [4.69, 9.17) is 27.5 Å². The van der Waals surface area contributed by atoms with E-state index in [1.807, 2.05) is 33.9 Å². The van der Waals surface area contributed by atoms with E-state index in [1.54, 1.807) is 6.92 Å². The number of rotatable bonds is 14. The van der Waals surface area contributed by atoms with Crippen LogP contribution in [0.5, 0.6) is 0 Å². The lowest BCUT2D eigenvalue weighted by Crippen LogP contribution is -2.64. The maximum absolute atomic E-state index is 14.7. The molecule has 0 amide bonds. The van der Waals surface area contributed by atoms with Crippen molar-refractivity contribution in [2.45, 2.75) is 127 Å². The Kier molecular flexibility index (Phi) is 12.7. The molecule has 4 rings (SSSR count). The van der Waals surface area contributed by atoms with Crippen molar-refractivity contribution in [1.29, 1.82) is 0 Å². The number of nitrogens with zero attached hydrogens (tertiary/aromatic N) is 2. The van der Waals surface area contributed by atoms with Gasteiger partial charge in [-0.15, -0.1) is 6.58 Å². The highest BCUT2D eigenvalue weighted by Crippen LogP contribution is 2.57. The Bertz CT molecular complexity index is 2010. The number of phosphoric ester groups is 1. The summed E-state index contributed by atoms with van der Waals surface area (Å²) in [6.07, 6.45) is -1.42. The third kappa shape index (κ3) is 8.77. The molecule has 2 fully saturated rings. The van der Waals surface area contributed by atoms with Gasteiger partial charge >= 0.3 is 19.2 Å². The Balaban J connectivity index is 1.71. The van der Waals surface area contributed by atoms with E-state index in [9.17, 15) is 28.8 Å². The van der Waals surface area contributed by atoms with Crippen LogP contribution < -0.4 is 22.5 Å². The lowest BCUT2D eigenvalue weighted by Gasteiger charge is -2.49. The lowest BCUT2D eigenvalue weighted by atomic mass is 10.1. The van der Waals surface area contributed by atoms with Gasteiger partial charge in [-0.05, 0) is 30.1 Å². The van der Waals surface area contributed by atoms with Crippen molar-refractivity contribution in [3.63, 3.8) is 0 Å². The van der Waals surface area contributed by atoms with Crippen LogP contribution in [0, 0.1) is 6.92 Å². The van der Waals surface area contributed by atoms with Crippen LogP contribution >= 0.6 is 7.82 Å². The predicted molar refractivity (Wildman–Crippen MR) is 209 cm³/mol. The van der Waals surface area contributed by atoms with Gasteiger partial charge in [0.1, 0.15) is 24.5 Å². The Morgan fingerprint density at radius 1 is 1.00 bits per heavy atom. The van der Waals surface area contributed by atoms with Crippen LogP contribution in [0.3, 0.4) is 0 Å². The van der Waals surface area contributed by atoms with E-state index >= 15 is 0 Å². The summed E-state index contributed by atoms with van der Waals surface area (Å²) in [5.41, 5.74) is -2.14. The molecule has 2 aliphatic rings. The van der Waals surface area contributed by atoms with Gasteiger partial charge in [0.2, 0.25) is 0 Å². The van der Waals surface area contributed by atoms with Crippen LogP contribution in [-0.2, 0) is 32.0 Å². The molecule has 0 bridgehead atoms. The molecule has 2 aliphatic heterocycles. The third-order valence-electron chi connectivity index (χ3n) is 11.6. The molecule has 7 atom stereocenters. The lowest BCUT2D eigenvalue weighted by molar-refractivity contribution is -0.0672. The van der Waals surface area contributed by atoms with Crippen molar-refractivity contribution < 1.29 is 37.1 Å². The SMILES string of the molecule is C=CCOP(=O)(OC[C@H]1O[C@@H](n2cc(C)c(=O)[nH]c2=O)C[C@@]1(O)[Si](C)(C)C(C)(C)C)O[C@H]1C(=C)[C@H](n2ccc(=O)[nH]c2=O)O[C@@H]1CO[Si](C)(C)C(C)(C)C. The van der Waals surface area contributed by atoms with Gasteiger partial charge in [0, 0.05) is 36.0 Å². The van der Waals surface area contributed by atoms with Gasteiger partial charge < -0.3 is 19.0 Å². The molecule has 1 unspecified atom stereocenters. The smallest absolute Gasteiger partial charge is 0.414 e. The molecule has 2 aromatic rings. The highest BCUT2D eigenvalue weighted by molar-refractivity contribution is 7.48. The van der Waals surface area contributed by atoms with E-state index in [-0.39, 0.29) is 40.8 Å². The molecule has 0 aromatic carbocycles. The van der Waals surface area contributed by atoms with E-state index in [0.29, 0.717) is 0 Å². The summed E-state index contributed by atoms with van der Waals surface area (Å²) >= 11 is 0. The second-order valence-electron chi connectivity index (χ2n) is 17.1. The fourth-order valence-corrected chi connectivity index (χ4v) is 11.4. The fourth-order valence-electron chi connectivity index (χ4n) is 6.07. The monoisotopic (exact) mass is 812 g/mol. The summed E-state index contributed by atoms with van der Waals surface area (Å²) in [5, 5.41) is 10.5. The molecule has 16 nitrogen and oxygen atoms in total. The quantitative estimate of drug-likeness (QED) is 0.136. The van der Waals surface area contributed by atoms with E-state index in [2.05, 4.69) is 57.0 Å². The average molecular weight is 813 g/mol. The van der Waals surface area contributed by atoms with Gasteiger partial charge in [0.25, 0.3) is 11.1 Å². The van der Waals surface area contributed by atoms with Gasteiger partial charge in [-0.3, -0.25) is 42.3 Å². The second-order valence-corrected chi connectivity index (χ2v) is 29.2. The molecule has 54 heavy (non-hydrogen) atoms. The molecular formula is C35H57N4O12PSi2. The molecule has 0 spiro atoms. The van der Waals surface area contributed by atoms with Crippen LogP contribution in [0.4, 0.5) is 0 Å². The minimum atomic E-state index is -4.61. The highest BCUT2D eigenvalue weighted by Gasteiger charge is 2.62. The summed E-state index contributed by atoms with van der Waals surface area (Å²) in [4.78, 5) is 54.3. The number of aryl methyl sites for hydroxylation is 1. The number of phosphoric acid groups is 1. The topological polar surface area (TPSA) is 202 Å². The van der Waals surface area contributed by atoms with Crippen molar-refractivity contribution in [1.82, 2.24) is 19.1 Å². The first-order valence-electron chi connectivity index (χ1n) is 17.9. The third-order valence-corrected chi connectivity index (χ3v) is 23.9. The Morgan fingerprint density at radius 2 is 1.63 bits per heavy atom. The Labute approximate surface area is 317 Å². The predicted octanol–water partition coefficient (Wildman–Crippen LogP) is 4.65. The summed E-state index contributed by atoms with van der Waals surface area (Å²) in [5.74, 6) is 0. The Morgan fingerprint density at radius 3 is 2.20 bits per heavy atom. The van der Waals surface area contributed by atoms with Crippen LogP contribution in [-0.4, -0.2) is 84.0 Å². The molecule has 2 saturated heterocycles. The zero-order valence-electron chi connectivity index (χ0n) is 33.2. The minimum Gasteiger partial charge on any atom is -0.414 e. The normalized spacial score (nSPS) is 26.6. The maximum Gasteiger partial charge on any atom is 0.475 e. The minimum absolute atomic E-state index is 0.0166. The number of H-pyrrole nitrogens is 2. The number of ether oxygens (including phenoxy) is 2. The van der Waals surface area contributed by atoms with E-state index < -0.39 is 89.3 Å². The largest absolute Gasteiger partial charge is 0.475 e. The number of hydrogen-bond acceptors (Lipinski definition) is 12. The van der Waals surface area contributed by atoms with Crippen molar-refractivity contribution in [2.75, 3.05) is 19.8 Å². The van der Waals surface area contributed by atoms with Gasteiger partial charge in [-0.1, -0.05) is 67.3 Å². The van der Waals surface area contributed by atoms with Gasteiger partial charge in [0.15, 0.2) is 14.5 Å². The van der Waals surface area contributed by atoms with Crippen molar-refractivity contribution >= 4 is 24.2 Å². The number of aromatic nitrogens is 4. The molecule has 4 heterocycles. The molecule has 0 radical (unpaired) electrons. The molecule has 19 heteroatoms. The summed E-state index contributed by atoms with van der Waals surface area (Å²) < 4.78 is 54.0. The van der Waals surface area contributed by atoms with E-state index in [0.717, 1.165) is 10.6 Å². The van der Waals surface area contributed by atoms with Crippen LogP contribution in [0.1, 0.15) is 66.0 Å². The summed E-state index contributed by atoms with van der Waals surface area (Å²) in [7, 11) is -9.75. The molecule has 2 aromatic heterocycles. The molecular weight excluding hydrogens is 756 g/mol. The zero-order chi connectivity index (χ0) is 40.8. The van der Waals surface area contributed by atoms with Crippen LogP contribution in [0.15, 0.2) is 62.4 Å². The van der Waals surface area contributed by atoms with Crippen molar-refractivity contribution in [2.24, 2.45) is 0 Å². The van der Waals surface area contributed by atoms with Crippen LogP contribution in [0.25, 0.3) is 0 Å². The van der Waals surface area contributed by atoms with Crippen molar-refractivity contribution in [3.05, 3.63) is 90.5 Å². The first-order chi connectivity index (χ1) is 24.7. The molecule has 3 N–H and O–H groups in total. The number of aliphatic hydroxyl groups is 1. The van der Waals surface area contributed by atoms with Gasteiger partial charge in [-0.25, -0.2) is 14.2 Å². The zero-order valence-corrected chi connectivity index (χ0v) is 36.1. The number of aromatic amines is 2. The fraction of sp³-hybridized carbons (Fsp3) is 0.657. The standard InChI is InChI=1S/C35H57N4O12PSi2/c1-14-17-46-52(45,47-21-25-35(44,53(10,11)33(4,5)6)18-27(50-25)39-19-22(2)29(41)37-32(39)43)51-28-23(3)30(38-16-15-26(40)36-31(38)42)49-24(28)20-48-54(12,13)34(7,8)9/h14-16,19,24-25,27-28,30,44H,1,3,17-18,20-21H2,2,4-13H3,(H,36,40,42)(H,37,41,43)/t24-,25-,27-,28+,30-,35-,52?/m1/s1. The van der Waals surface area contributed by atoms with Gasteiger partial charge in [-0.2, -0.15) is 0 Å². The molecule has 0 saturated carbocycles. The van der Waals surface area contributed by atoms with Crippen LogP contribution in [0.2, 0.25) is 36.3 Å². The highest BCUT2D eigenvalue weighted by atomic mass is 31.2. The Hall–Kier alpha value is -2.78. The summed E-state index contributed by atoms with van der Waals surface area (Å²) in [6.45, 7) is 29.0. The molecule has 302 valence electrons. The molecule has 0 aliphatic carbocycles. The van der Waals surface area contributed by atoms with Crippen molar-refractivity contribution in [3.8, 4) is 0 Å². The first-order valence-corrected chi connectivity index (χ1v) is 25.2. The van der Waals surface area contributed by atoms with E-state index in [1.165, 1.54) is 23.0 Å². The first kappa shape index (κ1) is 43.9. The number of nitrogens with one attached hydrogen (secondary N) is 2. The maximum atomic E-state index is 14.7. The summed E-state index contributed by atoms with van der Waals surface area (Å²) in [6, 6.07) is 1.16. The second kappa shape index (κ2) is 15.6. The van der Waals surface area contributed by atoms with Gasteiger partial charge in [0.05, 0.1) is 33.1 Å².